The van der Waals surface area contributed by atoms with Crippen molar-refractivity contribution in [2.24, 2.45) is 0 Å². The van der Waals surface area contributed by atoms with Gasteiger partial charge in [0.15, 0.2) is 17.3 Å². The maximum Gasteiger partial charge on any atom is 0.452 e. The summed E-state index contributed by atoms with van der Waals surface area (Å²) < 4.78 is 59.8. The Bertz CT molecular complexity index is 1360. The first-order valence-electron chi connectivity index (χ1n) is 11.3. The minimum atomic E-state index is -4.81. The Labute approximate surface area is 226 Å². The first-order valence-corrected chi connectivity index (χ1v) is 12.7. The van der Waals surface area contributed by atoms with Crippen LogP contribution in [0.3, 0.4) is 0 Å². The number of rotatable bonds is 9. The highest BCUT2D eigenvalue weighted by Gasteiger charge is 2.43. The van der Waals surface area contributed by atoms with E-state index in [1.165, 1.54) is 37.1 Å². The summed E-state index contributed by atoms with van der Waals surface area (Å²) >= 11 is 7.56. The summed E-state index contributed by atoms with van der Waals surface area (Å²) in [6, 6.07) is 9.81. The summed E-state index contributed by atoms with van der Waals surface area (Å²) in [4.78, 5) is 12.6. The van der Waals surface area contributed by atoms with E-state index in [0.29, 0.717) is 27.6 Å². The smallest absolute Gasteiger partial charge is 0.452 e. The van der Waals surface area contributed by atoms with Crippen LogP contribution in [0.2, 0.25) is 5.02 Å². The van der Waals surface area contributed by atoms with Crippen LogP contribution in [0.15, 0.2) is 61.7 Å². The van der Waals surface area contributed by atoms with Crippen LogP contribution in [0.25, 0.3) is 5.69 Å². The Kier molecular flexibility index (Phi) is 8.37. The molecule has 2 heterocycles. The molecule has 0 fully saturated rings. The number of alkyl halides is 3. The second-order valence-corrected chi connectivity index (χ2v) is 9.83. The van der Waals surface area contributed by atoms with E-state index < -0.39 is 28.5 Å². The van der Waals surface area contributed by atoms with Crippen LogP contribution < -0.4 is 9.47 Å². The van der Waals surface area contributed by atoms with Gasteiger partial charge in [0.25, 0.3) is 0 Å². The number of halogens is 4. The molecule has 1 aliphatic heterocycles. The molecule has 0 unspecified atom stereocenters. The summed E-state index contributed by atoms with van der Waals surface area (Å²) in [6.07, 6.45) is -2.10. The largest absolute Gasteiger partial charge is 0.493 e. The Morgan fingerprint density at radius 1 is 1.16 bits per heavy atom. The molecular formula is C26H23ClF3N3O4S. The summed E-state index contributed by atoms with van der Waals surface area (Å²) in [7, 11) is 1.49. The monoisotopic (exact) mass is 565 g/mol. The maximum absolute atomic E-state index is 14.1. The Hall–Kier alpha value is -3.44. The standard InChI is InChI=1S/C26H23ClF3N3O4S/c1-4-11-36-21(34)14-20-24-31-32-25(26(28,29)30)33(24)18-10-9-15(27)13-17(18)23(38-20)16-7-6-8-19(35-3)22(16)37-12-5-2/h4-10,13,20,23H,1-2,11-12,14H2,3H3/t20-,23-/m0/s1. The van der Waals surface area contributed by atoms with Gasteiger partial charge < -0.3 is 14.2 Å². The van der Waals surface area contributed by atoms with Gasteiger partial charge in [0, 0.05) is 10.6 Å². The lowest BCUT2D eigenvalue weighted by molar-refractivity contribution is -0.146. The van der Waals surface area contributed by atoms with E-state index in [1.807, 2.05) is 0 Å². The van der Waals surface area contributed by atoms with Gasteiger partial charge in [-0.3, -0.25) is 9.36 Å². The normalized spacial score (nSPS) is 16.6. The van der Waals surface area contributed by atoms with Gasteiger partial charge in [0.1, 0.15) is 13.2 Å². The number of hydrogen-bond donors (Lipinski definition) is 0. The van der Waals surface area contributed by atoms with E-state index >= 15 is 0 Å². The number of thioether (sulfide) groups is 1. The molecule has 0 bridgehead atoms. The van der Waals surface area contributed by atoms with Crippen LogP contribution in [-0.2, 0) is 15.7 Å². The second kappa shape index (κ2) is 11.5. The minimum Gasteiger partial charge on any atom is -0.493 e. The van der Waals surface area contributed by atoms with Gasteiger partial charge in [0.05, 0.1) is 29.7 Å². The highest BCUT2D eigenvalue weighted by atomic mass is 35.5. The lowest BCUT2D eigenvalue weighted by Gasteiger charge is -2.24. The zero-order chi connectivity index (χ0) is 27.4. The van der Waals surface area contributed by atoms with Crippen molar-refractivity contribution in [1.82, 2.24) is 14.8 Å². The summed E-state index contributed by atoms with van der Waals surface area (Å²) in [5.74, 6) is -1.06. The van der Waals surface area contributed by atoms with Gasteiger partial charge in [0.2, 0.25) is 5.82 Å². The topological polar surface area (TPSA) is 75.5 Å². The number of carbonyl (C=O) groups excluding carboxylic acids is 1. The third-order valence-electron chi connectivity index (χ3n) is 5.61. The lowest BCUT2D eigenvalue weighted by Crippen LogP contribution is -2.17. The number of methoxy groups -OCH3 is 1. The molecule has 0 aliphatic carbocycles. The van der Waals surface area contributed by atoms with Crippen molar-refractivity contribution in [2.75, 3.05) is 20.3 Å². The molecule has 2 aromatic carbocycles. The van der Waals surface area contributed by atoms with E-state index in [1.54, 1.807) is 30.3 Å². The fourth-order valence-electron chi connectivity index (χ4n) is 4.10. The molecule has 2 atom stereocenters. The van der Waals surface area contributed by atoms with Gasteiger partial charge in [-0.15, -0.1) is 22.0 Å². The highest BCUT2D eigenvalue weighted by molar-refractivity contribution is 8.00. The van der Waals surface area contributed by atoms with Gasteiger partial charge >= 0.3 is 12.1 Å². The zero-order valence-electron chi connectivity index (χ0n) is 20.2. The fraction of sp³-hybridized carbons (Fsp3) is 0.269. The molecule has 38 heavy (non-hydrogen) atoms. The van der Waals surface area contributed by atoms with E-state index in [2.05, 4.69) is 23.4 Å². The fourth-order valence-corrected chi connectivity index (χ4v) is 5.79. The summed E-state index contributed by atoms with van der Waals surface area (Å²) in [6.45, 7) is 7.33. The predicted molar refractivity (Wildman–Crippen MR) is 138 cm³/mol. The average Bonchev–Trinajstić information content (AvgIpc) is 3.29. The van der Waals surface area contributed by atoms with E-state index in [4.69, 9.17) is 25.8 Å². The van der Waals surface area contributed by atoms with Crippen molar-refractivity contribution in [3.05, 3.63) is 89.5 Å². The lowest BCUT2D eigenvalue weighted by atomic mass is 10.0. The number of ether oxygens (including phenoxy) is 3. The highest BCUT2D eigenvalue weighted by Crippen LogP contribution is 2.54. The molecule has 1 aliphatic rings. The number of nitrogens with zero attached hydrogens (tertiary/aromatic N) is 3. The van der Waals surface area contributed by atoms with Crippen LogP contribution in [0.5, 0.6) is 11.5 Å². The molecule has 12 heteroatoms. The Morgan fingerprint density at radius 3 is 2.61 bits per heavy atom. The number of hydrogen-bond acceptors (Lipinski definition) is 7. The molecule has 4 rings (SSSR count). The Morgan fingerprint density at radius 2 is 1.92 bits per heavy atom. The van der Waals surface area contributed by atoms with Crippen LogP contribution in [0, 0.1) is 0 Å². The van der Waals surface area contributed by atoms with Crippen molar-refractivity contribution in [1.29, 1.82) is 0 Å². The molecule has 0 spiro atoms. The van der Waals surface area contributed by atoms with Gasteiger partial charge in [-0.1, -0.05) is 49.0 Å². The predicted octanol–water partition coefficient (Wildman–Crippen LogP) is 6.51. The first kappa shape index (κ1) is 27.6. The molecule has 3 aromatic rings. The third-order valence-corrected chi connectivity index (χ3v) is 7.34. The van der Waals surface area contributed by atoms with Crippen molar-refractivity contribution in [3.8, 4) is 17.2 Å². The quantitative estimate of drug-likeness (QED) is 0.216. The number of benzene rings is 2. The SMILES string of the molecule is C=CCOC(=O)C[C@@H]1S[C@@H](c2cccc(OC)c2OCC=C)c2cc(Cl)ccc2-n2c1nnc2C(F)(F)F. The number of fused-ring (bicyclic) bond motifs is 3. The number of carbonyl (C=O) groups is 1. The Balaban J connectivity index is 1.97. The molecule has 0 saturated heterocycles. The van der Waals surface area contributed by atoms with Crippen LogP contribution in [0.4, 0.5) is 13.2 Å². The maximum atomic E-state index is 14.1. The van der Waals surface area contributed by atoms with Crippen LogP contribution in [0.1, 0.15) is 39.7 Å². The van der Waals surface area contributed by atoms with Crippen molar-refractivity contribution in [3.63, 3.8) is 0 Å². The van der Waals surface area contributed by atoms with Crippen molar-refractivity contribution in [2.45, 2.75) is 23.1 Å². The van der Waals surface area contributed by atoms with Gasteiger partial charge in [-0.2, -0.15) is 13.2 Å². The van der Waals surface area contributed by atoms with E-state index in [0.717, 1.165) is 4.57 Å². The van der Waals surface area contributed by atoms with E-state index in [9.17, 15) is 18.0 Å². The van der Waals surface area contributed by atoms with Crippen LogP contribution in [-0.4, -0.2) is 41.1 Å². The van der Waals surface area contributed by atoms with Gasteiger partial charge in [-0.05, 0) is 29.8 Å². The number of aromatic nitrogens is 3. The second-order valence-electron chi connectivity index (χ2n) is 8.08. The zero-order valence-corrected chi connectivity index (χ0v) is 21.8. The van der Waals surface area contributed by atoms with Gasteiger partial charge in [-0.25, -0.2) is 0 Å². The summed E-state index contributed by atoms with van der Waals surface area (Å²) in [5, 5.41) is 6.16. The molecular weight excluding hydrogens is 543 g/mol. The van der Waals surface area contributed by atoms with Crippen molar-refractivity contribution >= 4 is 29.3 Å². The minimum absolute atomic E-state index is 0.0363. The molecule has 0 amide bonds. The molecule has 7 nitrogen and oxygen atoms in total. The van der Waals surface area contributed by atoms with E-state index in [-0.39, 0.29) is 31.1 Å². The molecule has 1 aromatic heterocycles. The first-order chi connectivity index (χ1) is 18.2. The van der Waals surface area contributed by atoms with Crippen LogP contribution >= 0.6 is 23.4 Å². The molecule has 0 saturated carbocycles. The molecule has 200 valence electrons. The molecule has 0 N–H and O–H groups in total. The summed E-state index contributed by atoms with van der Waals surface area (Å²) in [5.41, 5.74) is 1.24. The van der Waals surface area contributed by atoms with Crippen molar-refractivity contribution < 1.29 is 32.2 Å². The number of para-hydroxylation sites is 1. The molecule has 0 radical (unpaired) electrons. The third kappa shape index (κ3) is 5.53. The average molecular weight is 566 g/mol. The number of esters is 1.